The Balaban J connectivity index is 1.93. The van der Waals surface area contributed by atoms with Gasteiger partial charge in [0, 0.05) is 16.3 Å². The zero-order valence-corrected chi connectivity index (χ0v) is 16.7. The van der Waals surface area contributed by atoms with E-state index in [1.807, 2.05) is 31.2 Å². The maximum atomic E-state index is 12.5. The highest BCUT2D eigenvalue weighted by molar-refractivity contribution is 6.32. The third-order valence-corrected chi connectivity index (χ3v) is 4.66. The summed E-state index contributed by atoms with van der Waals surface area (Å²) in [5.41, 5.74) is 3.37. The van der Waals surface area contributed by atoms with Crippen molar-refractivity contribution in [2.24, 2.45) is 0 Å². The van der Waals surface area contributed by atoms with Crippen LogP contribution in [0.3, 0.4) is 0 Å². The zero-order chi connectivity index (χ0) is 20.3. The first-order valence-electron chi connectivity index (χ1n) is 8.40. The highest BCUT2D eigenvalue weighted by Gasteiger charge is 2.17. The van der Waals surface area contributed by atoms with E-state index in [-0.39, 0.29) is 10.7 Å². The van der Waals surface area contributed by atoms with E-state index in [1.54, 1.807) is 37.3 Å². The quantitative estimate of drug-likeness (QED) is 0.465. The van der Waals surface area contributed by atoms with Crippen molar-refractivity contribution in [1.29, 1.82) is 5.26 Å². The molecule has 1 aromatic heterocycles. The van der Waals surface area contributed by atoms with Crippen molar-refractivity contribution in [2.75, 3.05) is 5.32 Å². The van der Waals surface area contributed by atoms with E-state index in [0.29, 0.717) is 27.7 Å². The molecule has 0 aliphatic rings. The van der Waals surface area contributed by atoms with Crippen molar-refractivity contribution >= 4 is 40.9 Å². The molecule has 1 heterocycles. The van der Waals surface area contributed by atoms with Crippen molar-refractivity contribution in [3.05, 3.63) is 81.1 Å². The number of anilines is 1. The smallest absolute Gasteiger partial charge is 0.266 e. The summed E-state index contributed by atoms with van der Waals surface area (Å²) < 4.78 is 1.52. The van der Waals surface area contributed by atoms with Gasteiger partial charge in [0.05, 0.1) is 11.4 Å². The maximum Gasteiger partial charge on any atom is 0.266 e. The van der Waals surface area contributed by atoms with Crippen molar-refractivity contribution in [3.63, 3.8) is 0 Å². The van der Waals surface area contributed by atoms with E-state index < -0.39 is 5.91 Å². The predicted molar refractivity (Wildman–Crippen MR) is 112 cm³/mol. The van der Waals surface area contributed by atoms with Gasteiger partial charge in [0.25, 0.3) is 5.91 Å². The summed E-state index contributed by atoms with van der Waals surface area (Å²) in [6, 6.07) is 16.3. The van der Waals surface area contributed by atoms with Crippen LogP contribution >= 0.6 is 23.2 Å². The number of nitrogens with zero attached hydrogens (tertiary/aromatic N) is 3. The molecule has 0 fully saturated rings. The third-order valence-electron chi connectivity index (χ3n) is 4.06. The summed E-state index contributed by atoms with van der Waals surface area (Å²) in [7, 11) is 0. The SMILES string of the molecule is Cc1ccc(NC(=O)/C(C#N)=C/c2c(C)nn(-c3cccc(Cl)c3)c2Cl)cc1. The van der Waals surface area contributed by atoms with E-state index in [9.17, 15) is 10.1 Å². The summed E-state index contributed by atoms with van der Waals surface area (Å²) in [6.45, 7) is 3.71. The molecular formula is C21H16Cl2N4O. The van der Waals surface area contributed by atoms with E-state index >= 15 is 0 Å². The van der Waals surface area contributed by atoms with Gasteiger partial charge in [0.1, 0.15) is 16.8 Å². The molecule has 0 unspecified atom stereocenters. The van der Waals surface area contributed by atoms with Crippen LogP contribution in [0.1, 0.15) is 16.8 Å². The Morgan fingerprint density at radius 3 is 2.54 bits per heavy atom. The summed E-state index contributed by atoms with van der Waals surface area (Å²) in [5.74, 6) is -0.516. The van der Waals surface area contributed by atoms with Gasteiger partial charge in [-0.3, -0.25) is 4.79 Å². The molecule has 0 bridgehead atoms. The number of rotatable bonds is 4. The molecule has 0 saturated heterocycles. The minimum atomic E-state index is -0.516. The lowest BCUT2D eigenvalue weighted by molar-refractivity contribution is -0.112. The molecule has 140 valence electrons. The van der Waals surface area contributed by atoms with Gasteiger partial charge < -0.3 is 5.32 Å². The second-order valence-electron chi connectivity index (χ2n) is 6.17. The van der Waals surface area contributed by atoms with Crippen LogP contribution < -0.4 is 5.32 Å². The first-order valence-corrected chi connectivity index (χ1v) is 9.15. The summed E-state index contributed by atoms with van der Waals surface area (Å²) >= 11 is 12.5. The number of nitriles is 1. The highest BCUT2D eigenvalue weighted by Crippen LogP contribution is 2.27. The average molecular weight is 411 g/mol. The highest BCUT2D eigenvalue weighted by atomic mass is 35.5. The third kappa shape index (κ3) is 4.25. The van der Waals surface area contributed by atoms with E-state index in [2.05, 4.69) is 10.4 Å². The first kappa shape index (κ1) is 19.7. The number of amides is 1. The van der Waals surface area contributed by atoms with Crippen LogP contribution in [0.5, 0.6) is 0 Å². The number of aryl methyl sites for hydroxylation is 2. The number of carbonyl (C=O) groups excluding carboxylic acids is 1. The number of hydrogen-bond acceptors (Lipinski definition) is 3. The molecular weight excluding hydrogens is 395 g/mol. The van der Waals surface area contributed by atoms with Crippen molar-refractivity contribution in [3.8, 4) is 11.8 Å². The van der Waals surface area contributed by atoms with Crippen LogP contribution in [-0.4, -0.2) is 15.7 Å². The molecule has 3 rings (SSSR count). The number of carbonyl (C=O) groups is 1. The molecule has 1 N–H and O–H groups in total. The van der Waals surface area contributed by atoms with Crippen molar-refractivity contribution < 1.29 is 4.79 Å². The number of nitrogens with one attached hydrogen (secondary N) is 1. The Hall–Kier alpha value is -3.07. The molecule has 0 aliphatic carbocycles. The fourth-order valence-corrected chi connectivity index (χ4v) is 3.09. The van der Waals surface area contributed by atoms with Crippen LogP contribution in [0.4, 0.5) is 5.69 Å². The van der Waals surface area contributed by atoms with Crippen molar-refractivity contribution in [2.45, 2.75) is 13.8 Å². The molecule has 0 radical (unpaired) electrons. The van der Waals surface area contributed by atoms with Gasteiger partial charge >= 0.3 is 0 Å². The largest absolute Gasteiger partial charge is 0.321 e. The Morgan fingerprint density at radius 1 is 1.18 bits per heavy atom. The molecule has 7 heteroatoms. The fourth-order valence-electron chi connectivity index (χ4n) is 2.58. The van der Waals surface area contributed by atoms with Gasteiger partial charge in [-0.05, 0) is 50.3 Å². The standard InChI is InChI=1S/C21H16Cl2N4O/c1-13-6-8-17(9-7-13)25-21(28)15(12-24)10-19-14(2)26-27(20(19)23)18-5-3-4-16(22)11-18/h3-11H,1-2H3,(H,25,28)/b15-10+. The summed E-state index contributed by atoms with van der Waals surface area (Å²) in [5, 5.41) is 17.4. The first-order chi connectivity index (χ1) is 13.4. The van der Waals surface area contributed by atoms with Gasteiger partial charge in [0.15, 0.2) is 0 Å². The molecule has 3 aromatic rings. The van der Waals surface area contributed by atoms with Gasteiger partial charge in [-0.15, -0.1) is 0 Å². The monoisotopic (exact) mass is 410 g/mol. The Bertz CT molecular complexity index is 1110. The van der Waals surface area contributed by atoms with E-state index in [4.69, 9.17) is 23.2 Å². The van der Waals surface area contributed by atoms with Gasteiger partial charge in [-0.25, -0.2) is 4.68 Å². The van der Waals surface area contributed by atoms with Gasteiger partial charge in [-0.2, -0.15) is 10.4 Å². The average Bonchev–Trinajstić information content (AvgIpc) is 2.95. The Kier molecular flexibility index (Phi) is 5.84. The minimum Gasteiger partial charge on any atom is -0.321 e. The maximum absolute atomic E-state index is 12.5. The second-order valence-corrected chi connectivity index (χ2v) is 6.97. The second kappa shape index (κ2) is 8.30. The van der Waals surface area contributed by atoms with Crippen LogP contribution in [0.25, 0.3) is 11.8 Å². The molecule has 0 spiro atoms. The van der Waals surface area contributed by atoms with Crippen molar-refractivity contribution in [1.82, 2.24) is 9.78 Å². The molecule has 28 heavy (non-hydrogen) atoms. The molecule has 0 atom stereocenters. The molecule has 0 aliphatic heterocycles. The lowest BCUT2D eigenvalue weighted by Crippen LogP contribution is -2.13. The fraction of sp³-hybridized carbons (Fsp3) is 0.0952. The molecule has 5 nitrogen and oxygen atoms in total. The number of hydrogen-bond donors (Lipinski definition) is 1. The molecule has 1 amide bonds. The minimum absolute atomic E-state index is 0.0729. The molecule has 2 aromatic carbocycles. The van der Waals surface area contributed by atoms with Gasteiger partial charge in [0.2, 0.25) is 0 Å². The lowest BCUT2D eigenvalue weighted by Gasteiger charge is -2.05. The number of halogens is 2. The summed E-state index contributed by atoms with van der Waals surface area (Å²) in [6.07, 6.45) is 1.44. The Labute approximate surface area is 172 Å². The number of benzene rings is 2. The number of aromatic nitrogens is 2. The van der Waals surface area contributed by atoms with Gasteiger partial charge in [-0.1, -0.05) is 47.0 Å². The van der Waals surface area contributed by atoms with E-state index in [0.717, 1.165) is 5.56 Å². The predicted octanol–water partition coefficient (Wildman–Crippen LogP) is 5.34. The van der Waals surface area contributed by atoms with Crippen LogP contribution in [-0.2, 0) is 4.79 Å². The normalized spacial score (nSPS) is 11.2. The van der Waals surface area contributed by atoms with Crippen LogP contribution in [0, 0.1) is 25.2 Å². The Morgan fingerprint density at radius 2 is 1.89 bits per heavy atom. The molecule has 0 saturated carbocycles. The lowest BCUT2D eigenvalue weighted by atomic mass is 10.1. The topological polar surface area (TPSA) is 70.7 Å². The zero-order valence-electron chi connectivity index (χ0n) is 15.2. The van der Waals surface area contributed by atoms with E-state index in [1.165, 1.54) is 10.8 Å². The summed E-state index contributed by atoms with van der Waals surface area (Å²) in [4.78, 5) is 12.5. The van der Waals surface area contributed by atoms with Crippen LogP contribution in [0.2, 0.25) is 10.2 Å². The van der Waals surface area contributed by atoms with Crippen LogP contribution in [0.15, 0.2) is 54.1 Å².